The minimum Gasteiger partial charge on any atom is -0.310 e. The van der Waals surface area contributed by atoms with Crippen LogP contribution in [0.25, 0.3) is 5.95 Å². The third-order valence-electron chi connectivity index (χ3n) is 5.57. The highest BCUT2D eigenvalue weighted by Gasteiger charge is 2.29. The van der Waals surface area contributed by atoms with Gasteiger partial charge in [0, 0.05) is 17.5 Å². The van der Waals surface area contributed by atoms with Crippen LogP contribution < -0.4 is 10.9 Å². The first-order valence-electron chi connectivity index (χ1n) is 10.1. The van der Waals surface area contributed by atoms with Crippen molar-refractivity contribution in [2.45, 2.75) is 51.4 Å². The summed E-state index contributed by atoms with van der Waals surface area (Å²) in [6.45, 7) is 2.01. The Morgan fingerprint density at radius 2 is 2.14 bits per heavy atom. The predicted octanol–water partition coefficient (Wildman–Crippen LogP) is 2.81. The summed E-state index contributed by atoms with van der Waals surface area (Å²) in [5.74, 6) is 1.21. The first-order chi connectivity index (χ1) is 14.1. The van der Waals surface area contributed by atoms with E-state index in [1.54, 1.807) is 4.68 Å². The van der Waals surface area contributed by atoms with Crippen molar-refractivity contribution in [3.63, 3.8) is 0 Å². The number of hydrogen-bond acceptors (Lipinski definition) is 4. The minimum atomic E-state index is -0.123. The van der Waals surface area contributed by atoms with Gasteiger partial charge in [-0.2, -0.15) is 9.78 Å². The standard InChI is InChI=1S/C22H23N5O2/c1-13-4-2-5-14(10-13)11-20(28)24-19-12-18(15-8-9-15)26-27(19)22-23-17-7-3-6-16(17)21(29)25-22/h2,4-5,10,12,15H,3,6-9,11H2,1H3,(H,24,28)(H,23,25,29). The third-order valence-corrected chi connectivity index (χ3v) is 5.57. The summed E-state index contributed by atoms with van der Waals surface area (Å²) in [6.07, 6.45) is 4.99. The molecule has 2 N–H and O–H groups in total. The molecule has 3 aromatic rings. The number of anilines is 1. The van der Waals surface area contributed by atoms with Gasteiger partial charge in [0.25, 0.3) is 5.56 Å². The molecule has 148 valence electrons. The molecule has 1 aromatic carbocycles. The fourth-order valence-electron chi connectivity index (χ4n) is 3.95. The van der Waals surface area contributed by atoms with E-state index < -0.39 is 0 Å². The molecule has 2 aliphatic carbocycles. The Morgan fingerprint density at radius 3 is 2.93 bits per heavy atom. The molecule has 1 fully saturated rings. The molecule has 2 aliphatic rings. The van der Waals surface area contributed by atoms with Crippen LogP contribution in [0.1, 0.15) is 53.3 Å². The van der Waals surface area contributed by atoms with E-state index in [4.69, 9.17) is 0 Å². The van der Waals surface area contributed by atoms with Crippen LogP contribution >= 0.6 is 0 Å². The smallest absolute Gasteiger partial charge is 0.255 e. The Morgan fingerprint density at radius 1 is 1.28 bits per heavy atom. The van der Waals surface area contributed by atoms with Crippen molar-refractivity contribution in [1.82, 2.24) is 19.7 Å². The summed E-state index contributed by atoms with van der Waals surface area (Å²) >= 11 is 0. The molecule has 1 saturated carbocycles. The molecule has 7 heteroatoms. The molecule has 2 heterocycles. The number of fused-ring (bicyclic) bond motifs is 1. The summed E-state index contributed by atoms with van der Waals surface area (Å²) in [5, 5.41) is 7.62. The van der Waals surface area contributed by atoms with E-state index in [1.807, 2.05) is 37.3 Å². The second-order valence-electron chi connectivity index (χ2n) is 8.02. The van der Waals surface area contributed by atoms with Crippen LogP contribution in [0.3, 0.4) is 0 Å². The van der Waals surface area contributed by atoms with E-state index in [1.165, 1.54) is 0 Å². The number of amides is 1. The van der Waals surface area contributed by atoms with Crippen molar-refractivity contribution in [3.8, 4) is 5.95 Å². The molecule has 1 amide bonds. The van der Waals surface area contributed by atoms with Crippen molar-refractivity contribution in [2.75, 3.05) is 5.32 Å². The number of rotatable bonds is 5. The summed E-state index contributed by atoms with van der Waals surface area (Å²) in [7, 11) is 0. The van der Waals surface area contributed by atoms with Gasteiger partial charge in [-0.1, -0.05) is 29.8 Å². The highest BCUT2D eigenvalue weighted by Crippen LogP contribution is 2.40. The Kier molecular flexibility index (Phi) is 4.30. The maximum atomic E-state index is 12.7. The first kappa shape index (κ1) is 17.8. The van der Waals surface area contributed by atoms with E-state index in [-0.39, 0.29) is 17.9 Å². The van der Waals surface area contributed by atoms with Crippen LogP contribution in [0.15, 0.2) is 35.1 Å². The van der Waals surface area contributed by atoms with Gasteiger partial charge in [0.2, 0.25) is 11.9 Å². The number of aromatic amines is 1. The Hall–Kier alpha value is -3.22. The first-order valence-corrected chi connectivity index (χ1v) is 10.1. The summed E-state index contributed by atoms with van der Waals surface area (Å²) < 4.78 is 1.57. The fraction of sp³-hybridized carbons (Fsp3) is 0.364. The van der Waals surface area contributed by atoms with Crippen LogP contribution in [-0.2, 0) is 24.1 Å². The van der Waals surface area contributed by atoms with Gasteiger partial charge in [0.05, 0.1) is 17.8 Å². The second-order valence-corrected chi connectivity index (χ2v) is 8.02. The lowest BCUT2D eigenvalue weighted by atomic mass is 10.1. The van der Waals surface area contributed by atoms with Crippen molar-refractivity contribution in [3.05, 3.63) is 68.8 Å². The quantitative estimate of drug-likeness (QED) is 0.702. The lowest BCUT2D eigenvalue weighted by molar-refractivity contribution is -0.115. The molecule has 0 saturated heterocycles. The van der Waals surface area contributed by atoms with Crippen LogP contribution in [-0.4, -0.2) is 25.7 Å². The number of carbonyl (C=O) groups is 1. The van der Waals surface area contributed by atoms with Gasteiger partial charge >= 0.3 is 0 Å². The van der Waals surface area contributed by atoms with Gasteiger partial charge in [0.1, 0.15) is 5.82 Å². The van der Waals surface area contributed by atoms with Crippen LogP contribution in [0.2, 0.25) is 0 Å². The third kappa shape index (κ3) is 3.60. The van der Waals surface area contributed by atoms with Crippen molar-refractivity contribution >= 4 is 11.7 Å². The lowest BCUT2D eigenvalue weighted by Gasteiger charge is -2.09. The minimum absolute atomic E-state index is 0.108. The van der Waals surface area contributed by atoms with Crippen LogP contribution in [0.4, 0.5) is 5.82 Å². The van der Waals surface area contributed by atoms with Crippen LogP contribution in [0, 0.1) is 6.92 Å². The fourth-order valence-corrected chi connectivity index (χ4v) is 3.95. The second kappa shape index (κ2) is 6.99. The van der Waals surface area contributed by atoms with Crippen LogP contribution in [0.5, 0.6) is 0 Å². The van der Waals surface area contributed by atoms with E-state index in [2.05, 4.69) is 20.4 Å². The van der Waals surface area contributed by atoms with Gasteiger partial charge in [-0.05, 0) is 44.6 Å². The Labute approximate surface area is 168 Å². The summed E-state index contributed by atoms with van der Waals surface area (Å²) in [4.78, 5) is 32.6. The number of hydrogen-bond donors (Lipinski definition) is 2. The SMILES string of the molecule is Cc1cccc(CC(=O)Nc2cc(C3CC3)nn2-c2nc3c(c(=O)[nH]2)CCC3)c1. The Bertz CT molecular complexity index is 1160. The number of H-pyrrole nitrogens is 1. The molecule has 0 bridgehead atoms. The average Bonchev–Trinajstić information content (AvgIpc) is 3.26. The molecule has 0 atom stereocenters. The molecule has 5 rings (SSSR count). The molecule has 0 unspecified atom stereocenters. The molecule has 29 heavy (non-hydrogen) atoms. The van der Waals surface area contributed by atoms with Crippen molar-refractivity contribution in [1.29, 1.82) is 0 Å². The van der Waals surface area contributed by atoms with Crippen molar-refractivity contribution in [2.24, 2.45) is 0 Å². The molecular weight excluding hydrogens is 366 g/mol. The van der Waals surface area contributed by atoms with E-state index in [9.17, 15) is 9.59 Å². The number of carbonyl (C=O) groups excluding carboxylic acids is 1. The average molecular weight is 389 g/mol. The monoisotopic (exact) mass is 389 g/mol. The maximum absolute atomic E-state index is 12.7. The number of nitrogens with one attached hydrogen (secondary N) is 2. The molecule has 0 radical (unpaired) electrons. The highest BCUT2D eigenvalue weighted by atomic mass is 16.1. The van der Waals surface area contributed by atoms with Gasteiger partial charge in [-0.25, -0.2) is 4.98 Å². The van der Waals surface area contributed by atoms with Gasteiger partial charge in [0.15, 0.2) is 0 Å². The molecular formula is C22H23N5O2. The summed E-state index contributed by atoms with van der Waals surface area (Å²) in [6, 6.07) is 9.81. The zero-order chi connectivity index (χ0) is 20.0. The number of aryl methyl sites for hydroxylation is 2. The summed E-state index contributed by atoms with van der Waals surface area (Å²) in [5.41, 5.74) is 4.51. The molecule has 7 nitrogen and oxygen atoms in total. The topological polar surface area (TPSA) is 92.7 Å². The predicted molar refractivity (Wildman–Crippen MR) is 109 cm³/mol. The van der Waals surface area contributed by atoms with Gasteiger partial charge < -0.3 is 5.32 Å². The number of aromatic nitrogens is 4. The maximum Gasteiger partial charge on any atom is 0.255 e. The normalized spacial score (nSPS) is 15.3. The molecule has 2 aromatic heterocycles. The molecule has 0 spiro atoms. The Balaban J connectivity index is 1.46. The van der Waals surface area contributed by atoms with Gasteiger partial charge in [-0.3, -0.25) is 14.6 Å². The number of nitrogens with zero attached hydrogens (tertiary/aromatic N) is 3. The largest absolute Gasteiger partial charge is 0.310 e. The zero-order valence-electron chi connectivity index (χ0n) is 16.4. The lowest BCUT2D eigenvalue weighted by Crippen LogP contribution is -2.21. The van der Waals surface area contributed by atoms with E-state index in [0.717, 1.165) is 60.2 Å². The molecule has 0 aliphatic heterocycles. The highest BCUT2D eigenvalue weighted by molar-refractivity contribution is 5.91. The van der Waals surface area contributed by atoms with Gasteiger partial charge in [-0.15, -0.1) is 0 Å². The zero-order valence-corrected chi connectivity index (χ0v) is 16.4. The van der Waals surface area contributed by atoms with Crippen molar-refractivity contribution < 1.29 is 4.79 Å². The van der Waals surface area contributed by atoms with E-state index in [0.29, 0.717) is 17.7 Å². The number of benzene rings is 1. The van der Waals surface area contributed by atoms with E-state index >= 15 is 0 Å².